The maximum absolute atomic E-state index is 13.1. The number of para-hydroxylation sites is 1. The Bertz CT molecular complexity index is 1500. The van der Waals surface area contributed by atoms with Gasteiger partial charge in [0, 0.05) is 15.1 Å². The van der Waals surface area contributed by atoms with Gasteiger partial charge in [-0.15, -0.1) is 10.2 Å². The number of benzene rings is 2. The van der Waals surface area contributed by atoms with Crippen molar-refractivity contribution < 1.29 is 27.8 Å². The number of hydrogen-bond acceptors (Lipinski definition) is 7. The lowest BCUT2D eigenvalue weighted by Gasteiger charge is -2.15. The minimum atomic E-state index is -4.96. The third-order valence-electron chi connectivity index (χ3n) is 5.15. The monoisotopic (exact) mass is 600 g/mol. The van der Waals surface area contributed by atoms with E-state index in [2.05, 4.69) is 31.1 Å². The van der Waals surface area contributed by atoms with E-state index in [1.807, 2.05) is 0 Å². The van der Waals surface area contributed by atoms with Crippen molar-refractivity contribution in [2.24, 2.45) is 0 Å². The molecular formula is C22H17BrClF3N6O4. The molecule has 0 bridgehead atoms. The van der Waals surface area contributed by atoms with Crippen LogP contribution >= 0.6 is 27.5 Å². The number of halogens is 5. The first-order valence-electron chi connectivity index (χ1n) is 10.5. The first-order valence-corrected chi connectivity index (χ1v) is 11.6. The van der Waals surface area contributed by atoms with Crippen molar-refractivity contribution in [3.63, 3.8) is 0 Å². The first kappa shape index (κ1) is 26.6. The standard InChI is InChI=1S/C22H17BrClF3N6O4/c1-37-20(35)19-28-17(29-33(19)15-5-3-2-4-14(15)23)11-32-21(36)31(10-16(34)22(25,26)27)18(30-32)12-6-8-13(24)9-7-12/h2-9,16,34H,10-11H2,1H3/t16-/m0/s1. The number of methoxy groups -OCH3 is 1. The third-order valence-corrected chi connectivity index (χ3v) is 6.07. The summed E-state index contributed by atoms with van der Waals surface area (Å²) in [6.45, 7) is -1.48. The quantitative estimate of drug-likeness (QED) is 0.323. The lowest BCUT2D eigenvalue weighted by atomic mass is 10.2. The van der Waals surface area contributed by atoms with Gasteiger partial charge in [-0.3, -0.25) is 4.57 Å². The normalized spacial score (nSPS) is 12.5. The zero-order valence-electron chi connectivity index (χ0n) is 18.9. The highest BCUT2D eigenvalue weighted by Crippen LogP contribution is 2.25. The zero-order chi connectivity index (χ0) is 26.9. The summed E-state index contributed by atoms with van der Waals surface area (Å²) in [6, 6.07) is 12.7. The van der Waals surface area contributed by atoms with E-state index in [4.69, 9.17) is 16.3 Å². The number of nitrogens with zero attached hydrogens (tertiary/aromatic N) is 6. The second-order valence-corrected chi connectivity index (χ2v) is 8.94. The second kappa shape index (κ2) is 10.5. The molecule has 1 atom stereocenters. The fourth-order valence-corrected chi connectivity index (χ4v) is 3.95. The molecular weight excluding hydrogens is 585 g/mol. The van der Waals surface area contributed by atoms with Crippen molar-refractivity contribution >= 4 is 33.5 Å². The summed E-state index contributed by atoms with van der Waals surface area (Å²) in [6.07, 6.45) is -7.77. The van der Waals surface area contributed by atoms with Crippen molar-refractivity contribution in [2.45, 2.75) is 25.4 Å². The number of ether oxygens (including phenoxy) is 1. The molecule has 2 aromatic carbocycles. The molecule has 0 spiro atoms. The molecule has 0 saturated heterocycles. The maximum atomic E-state index is 13.1. The molecule has 0 aliphatic carbocycles. The van der Waals surface area contributed by atoms with Crippen LogP contribution in [-0.2, 0) is 17.8 Å². The number of carbonyl (C=O) groups excluding carboxylic acids is 1. The van der Waals surface area contributed by atoms with Crippen molar-refractivity contribution in [3.8, 4) is 17.1 Å². The lowest BCUT2D eigenvalue weighted by molar-refractivity contribution is -0.207. The maximum Gasteiger partial charge on any atom is 0.416 e. The van der Waals surface area contributed by atoms with E-state index in [9.17, 15) is 27.9 Å². The highest BCUT2D eigenvalue weighted by Gasteiger charge is 2.39. The topological polar surface area (TPSA) is 117 Å². The highest BCUT2D eigenvalue weighted by molar-refractivity contribution is 9.10. The van der Waals surface area contributed by atoms with Crippen LogP contribution in [0.5, 0.6) is 0 Å². The first-order chi connectivity index (χ1) is 17.5. The number of rotatable bonds is 7. The molecule has 4 aromatic rings. The van der Waals surface area contributed by atoms with E-state index < -0.39 is 37.0 Å². The smallest absolute Gasteiger partial charge is 0.416 e. The summed E-state index contributed by atoms with van der Waals surface area (Å²) in [5, 5.41) is 18.5. The predicted octanol–water partition coefficient (Wildman–Crippen LogP) is 3.47. The summed E-state index contributed by atoms with van der Waals surface area (Å²) in [5.74, 6) is -1.17. The molecule has 0 saturated carbocycles. The van der Waals surface area contributed by atoms with Gasteiger partial charge in [-0.05, 0) is 52.3 Å². The average molecular weight is 602 g/mol. The number of aliphatic hydroxyl groups is 1. The van der Waals surface area contributed by atoms with Crippen LogP contribution in [-0.4, -0.2) is 59.6 Å². The van der Waals surface area contributed by atoms with Crippen molar-refractivity contribution in [1.29, 1.82) is 0 Å². The molecule has 0 radical (unpaired) electrons. The van der Waals surface area contributed by atoms with Gasteiger partial charge in [0.25, 0.3) is 0 Å². The van der Waals surface area contributed by atoms with Crippen molar-refractivity contribution in [1.82, 2.24) is 29.1 Å². The third kappa shape index (κ3) is 5.60. The Hall–Kier alpha value is -3.49. The van der Waals surface area contributed by atoms with Gasteiger partial charge >= 0.3 is 17.8 Å². The van der Waals surface area contributed by atoms with Gasteiger partial charge in [0.15, 0.2) is 17.8 Å². The molecule has 2 aromatic heterocycles. The van der Waals surface area contributed by atoms with Crippen LogP contribution in [0.25, 0.3) is 17.1 Å². The van der Waals surface area contributed by atoms with Crippen molar-refractivity contribution in [3.05, 3.63) is 80.2 Å². The van der Waals surface area contributed by atoms with E-state index in [1.165, 1.54) is 28.9 Å². The van der Waals surface area contributed by atoms with Crippen molar-refractivity contribution in [2.75, 3.05) is 7.11 Å². The molecule has 37 heavy (non-hydrogen) atoms. The van der Waals surface area contributed by atoms with E-state index in [0.29, 0.717) is 19.7 Å². The van der Waals surface area contributed by atoms with Gasteiger partial charge in [-0.25, -0.2) is 23.9 Å². The van der Waals surface area contributed by atoms with Crippen LogP contribution < -0.4 is 5.69 Å². The van der Waals surface area contributed by atoms with Gasteiger partial charge < -0.3 is 9.84 Å². The minimum absolute atomic E-state index is 0.0399. The molecule has 2 heterocycles. The summed E-state index contributed by atoms with van der Waals surface area (Å²) < 4.78 is 47.4. The van der Waals surface area contributed by atoms with E-state index in [0.717, 1.165) is 11.8 Å². The number of hydrogen-bond donors (Lipinski definition) is 1. The van der Waals surface area contributed by atoms with Gasteiger partial charge in [-0.1, -0.05) is 23.7 Å². The molecule has 0 amide bonds. The Morgan fingerprint density at radius 3 is 2.46 bits per heavy atom. The Morgan fingerprint density at radius 1 is 1.16 bits per heavy atom. The molecule has 1 N–H and O–H groups in total. The minimum Gasteiger partial charge on any atom is -0.463 e. The Morgan fingerprint density at radius 2 is 1.84 bits per heavy atom. The fourth-order valence-electron chi connectivity index (χ4n) is 3.37. The van der Waals surface area contributed by atoms with E-state index >= 15 is 0 Å². The number of esters is 1. The number of carbonyl (C=O) groups is 1. The van der Waals surface area contributed by atoms with Crippen LogP contribution in [0.2, 0.25) is 5.02 Å². The number of aromatic nitrogens is 6. The summed E-state index contributed by atoms with van der Waals surface area (Å²) in [5.41, 5.74) is -0.212. The Balaban J connectivity index is 1.79. The van der Waals surface area contributed by atoms with Crippen LogP contribution in [0.15, 0.2) is 57.8 Å². The predicted molar refractivity (Wildman–Crippen MR) is 128 cm³/mol. The van der Waals surface area contributed by atoms with Crippen LogP contribution in [0.3, 0.4) is 0 Å². The zero-order valence-corrected chi connectivity index (χ0v) is 21.2. The Labute approximate surface area is 220 Å². The molecule has 10 nitrogen and oxygen atoms in total. The van der Waals surface area contributed by atoms with Gasteiger partial charge in [0.05, 0.1) is 19.3 Å². The molecule has 4 rings (SSSR count). The summed E-state index contributed by atoms with van der Waals surface area (Å²) in [4.78, 5) is 29.6. The molecule has 0 unspecified atom stereocenters. The molecule has 0 fully saturated rings. The van der Waals surface area contributed by atoms with Gasteiger partial charge in [0.2, 0.25) is 5.82 Å². The number of aliphatic hydroxyl groups excluding tert-OH is 1. The molecule has 0 aliphatic heterocycles. The highest BCUT2D eigenvalue weighted by atomic mass is 79.9. The van der Waals surface area contributed by atoms with Gasteiger partial charge in [-0.2, -0.15) is 13.2 Å². The van der Waals surface area contributed by atoms with E-state index in [1.54, 1.807) is 24.3 Å². The summed E-state index contributed by atoms with van der Waals surface area (Å²) >= 11 is 9.27. The molecule has 0 aliphatic rings. The molecule has 15 heteroatoms. The lowest BCUT2D eigenvalue weighted by Crippen LogP contribution is -2.37. The molecule has 194 valence electrons. The average Bonchev–Trinajstić information content (AvgIpc) is 3.40. The van der Waals surface area contributed by atoms with Crippen LogP contribution in [0.4, 0.5) is 13.2 Å². The Kier molecular flexibility index (Phi) is 7.52. The van der Waals surface area contributed by atoms with Crippen LogP contribution in [0, 0.1) is 0 Å². The second-order valence-electron chi connectivity index (χ2n) is 7.65. The van der Waals surface area contributed by atoms with Crippen LogP contribution in [0.1, 0.15) is 16.4 Å². The SMILES string of the molecule is COC(=O)c1nc(Cn2nc(-c3ccc(Cl)cc3)n(C[C@H](O)C(F)(F)F)c2=O)nn1-c1ccccc1Br. The van der Waals surface area contributed by atoms with E-state index in [-0.39, 0.29) is 23.0 Å². The largest absolute Gasteiger partial charge is 0.463 e. The fraction of sp³-hybridized carbons (Fsp3) is 0.227. The van der Waals surface area contributed by atoms with Gasteiger partial charge in [0.1, 0.15) is 6.54 Å². The number of alkyl halides is 3. The summed E-state index contributed by atoms with van der Waals surface area (Å²) in [7, 11) is 1.16.